The van der Waals surface area contributed by atoms with Crippen molar-refractivity contribution in [1.82, 2.24) is 5.32 Å². The van der Waals surface area contributed by atoms with Gasteiger partial charge in [0, 0.05) is 17.3 Å². The molecule has 0 bridgehead atoms. The third kappa shape index (κ3) is 4.88. The number of anilines is 1. The molecule has 0 radical (unpaired) electrons. The molecule has 1 aliphatic rings. The van der Waals surface area contributed by atoms with Gasteiger partial charge in [0.25, 0.3) is 5.91 Å². The van der Waals surface area contributed by atoms with Gasteiger partial charge in [-0.2, -0.15) is 0 Å². The number of amides is 2. The summed E-state index contributed by atoms with van der Waals surface area (Å²) in [5.74, 6) is 0.350. The number of hydrogen-bond donors (Lipinski definition) is 2. The predicted octanol–water partition coefficient (Wildman–Crippen LogP) is 3.59. The van der Waals surface area contributed by atoms with E-state index in [0.717, 1.165) is 24.9 Å². The predicted molar refractivity (Wildman–Crippen MR) is 113 cm³/mol. The molecule has 0 aromatic heterocycles. The highest BCUT2D eigenvalue weighted by molar-refractivity contribution is 6.01. The van der Waals surface area contributed by atoms with Crippen molar-refractivity contribution in [3.05, 3.63) is 53.1 Å². The Bertz CT molecular complexity index is 885. The molecule has 1 aliphatic carbocycles. The van der Waals surface area contributed by atoms with E-state index in [0.29, 0.717) is 17.1 Å². The van der Waals surface area contributed by atoms with Crippen molar-refractivity contribution in [2.24, 2.45) is 5.92 Å². The number of hydrogen-bond acceptors (Lipinski definition) is 4. The van der Waals surface area contributed by atoms with Gasteiger partial charge in [-0.05, 0) is 60.6 Å². The molecule has 29 heavy (non-hydrogen) atoms. The highest BCUT2D eigenvalue weighted by Gasteiger charge is 2.25. The summed E-state index contributed by atoms with van der Waals surface area (Å²) in [7, 11) is 3.05. The second-order valence-corrected chi connectivity index (χ2v) is 7.62. The minimum absolute atomic E-state index is 0.0825. The molecular formula is C23H28N2O4. The normalized spacial score (nSPS) is 13.6. The molecule has 2 aromatic carbocycles. The third-order valence-electron chi connectivity index (χ3n) is 5.22. The van der Waals surface area contributed by atoms with Gasteiger partial charge in [0.2, 0.25) is 5.91 Å². The highest BCUT2D eigenvalue weighted by atomic mass is 16.5. The Morgan fingerprint density at radius 1 is 0.931 bits per heavy atom. The van der Waals surface area contributed by atoms with Gasteiger partial charge in [0.15, 0.2) is 0 Å². The van der Waals surface area contributed by atoms with Crippen LogP contribution in [0.4, 0.5) is 5.69 Å². The fourth-order valence-electron chi connectivity index (χ4n) is 3.57. The molecule has 2 aromatic rings. The summed E-state index contributed by atoms with van der Waals surface area (Å²) in [6.07, 6.45) is 3.29. The summed E-state index contributed by atoms with van der Waals surface area (Å²) >= 11 is 0. The van der Waals surface area contributed by atoms with Crippen LogP contribution in [0.3, 0.4) is 0 Å². The Labute approximate surface area is 171 Å². The number of methoxy groups -OCH3 is 2. The van der Waals surface area contributed by atoms with Crippen LogP contribution in [0.2, 0.25) is 0 Å². The molecular weight excluding hydrogens is 368 g/mol. The van der Waals surface area contributed by atoms with Gasteiger partial charge in [-0.3, -0.25) is 9.59 Å². The van der Waals surface area contributed by atoms with Crippen LogP contribution in [-0.2, 0) is 17.6 Å². The Morgan fingerprint density at radius 2 is 1.59 bits per heavy atom. The molecule has 3 rings (SSSR count). The van der Waals surface area contributed by atoms with Crippen molar-refractivity contribution in [1.29, 1.82) is 0 Å². The zero-order valence-electron chi connectivity index (χ0n) is 17.4. The molecule has 6 nitrogen and oxygen atoms in total. The molecule has 0 aliphatic heterocycles. The number of fused-ring (bicyclic) bond motifs is 1. The lowest BCUT2D eigenvalue weighted by Crippen LogP contribution is -2.47. The number of benzene rings is 2. The first-order valence-electron chi connectivity index (χ1n) is 9.88. The van der Waals surface area contributed by atoms with Crippen LogP contribution >= 0.6 is 0 Å². The van der Waals surface area contributed by atoms with Gasteiger partial charge in [-0.1, -0.05) is 19.9 Å². The fraction of sp³-hybridized carbons (Fsp3) is 0.391. The van der Waals surface area contributed by atoms with Gasteiger partial charge in [-0.15, -0.1) is 0 Å². The Hall–Kier alpha value is -3.02. The van der Waals surface area contributed by atoms with Crippen LogP contribution in [0.25, 0.3) is 0 Å². The number of nitrogens with one attached hydrogen (secondary N) is 2. The molecule has 0 saturated carbocycles. The SMILES string of the molecule is COc1cc(OC)cc(C(=O)N[C@@H](C(=O)Nc2ccc3c(c2)CCC3)C(C)C)c1. The average molecular weight is 396 g/mol. The van der Waals surface area contributed by atoms with Crippen molar-refractivity contribution < 1.29 is 19.1 Å². The maximum absolute atomic E-state index is 12.9. The molecule has 6 heteroatoms. The number of aryl methyl sites for hydroxylation is 2. The first-order chi connectivity index (χ1) is 13.9. The summed E-state index contributed by atoms with van der Waals surface area (Å²) in [4.78, 5) is 25.7. The maximum Gasteiger partial charge on any atom is 0.252 e. The van der Waals surface area contributed by atoms with E-state index in [1.807, 2.05) is 26.0 Å². The van der Waals surface area contributed by atoms with Gasteiger partial charge in [0.05, 0.1) is 14.2 Å². The van der Waals surface area contributed by atoms with Crippen molar-refractivity contribution in [2.45, 2.75) is 39.2 Å². The van der Waals surface area contributed by atoms with E-state index in [2.05, 4.69) is 16.7 Å². The van der Waals surface area contributed by atoms with Crippen LogP contribution in [0.1, 0.15) is 41.8 Å². The third-order valence-corrected chi connectivity index (χ3v) is 5.22. The van der Waals surface area contributed by atoms with Gasteiger partial charge in [-0.25, -0.2) is 0 Å². The van der Waals surface area contributed by atoms with E-state index < -0.39 is 6.04 Å². The second kappa shape index (κ2) is 8.99. The number of ether oxygens (including phenoxy) is 2. The standard InChI is InChI=1S/C23H28N2O4/c1-14(2)21(23(27)24-18-9-8-15-6-5-7-16(15)10-18)25-22(26)17-11-19(28-3)13-20(12-17)29-4/h8-14,21H,5-7H2,1-4H3,(H,24,27)(H,25,26)/t21-/m1/s1. The average Bonchev–Trinajstić information content (AvgIpc) is 3.18. The highest BCUT2D eigenvalue weighted by Crippen LogP contribution is 2.25. The van der Waals surface area contributed by atoms with Crippen molar-refractivity contribution in [2.75, 3.05) is 19.5 Å². The Kier molecular flexibility index (Phi) is 6.42. The smallest absolute Gasteiger partial charge is 0.252 e. The monoisotopic (exact) mass is 396 g/mol. The van der Waals surface area contributed by atoms with Crippen LogP contribution in [0, 0.1) is 5.92 Å². The van der Waals surface area contributed by atoms with E-state index in [9.17, 15) is 9.59 Å². The van der Waals surface area contributed by atoms with E-state index >= 15 is 0 Å². The molecule has 154 valence electrons. The van der Waals surface area contributed by atoms with Crippen LogP contribution in [0.5, 0.6) is 11.5 Å². The minimum atomic E-state index is -0.673. The van der Waals surface area contributed by atoms with Gasteiger partial charge < -0.3 is 20.1 Å². The van der Waals surface area contributed by atoms with Crippen molar-refractivity contribution in [3.63, 3.8) is 0 Å². The van der Waals surface area contributed by atoms with Crippen molar-refractivity contribution in [3.8, 4) is 11.5 Å². The summed E-state index contributed by atoms with van der Waals surface area (Å²) in [6.45, 7) is 3.80. The molecule has 0 unspecified atom stereocenters. The van der Waals surface area contributed by atoms with Crippen LogP contribution in [-0.4, -0.2) is 32.1 Å². The van der Waals surface area contributed by atoms with E-state index in [1.54, 1.807) is 18.2 Å². The van der Waals surface area contributed by atoms with E-state index in [4.69, 9.17) is 9.47 Å². The summed E-state index contributed by atoms with van der Waals surface area (Å²) in [6, 6.07) is 10.3. The second-order valence-electron chi connectivity index (χ2n) is 7.62. The summed E-state index contributed by atoms with van der Waals surface area (Å²) in [5, 5.41) is 5.80. The Balaban J connectivity index is 1.74. The van der Waals surface area contributed by atoms with Gasteiger partial charge in [0.1, 0.15) is 17.5 Å². The molecule has 0 heterocycles. The maximum atomic E-state index is 12.9. The first kappa shape index (κ1) is 20.7. The van der Waals surface area contributed by atoms with Crippen LogP contribution in [0.15, 0.2) is 36.4 Å². The van der Waals surface area contributed by atoms with Crippen LogP contribution < -0.4 is 20.1 Å². The molecule has 0 spiro atoms. The van der Waals surface area contributed by atoms with E-state index in [1.165, 1.54) is 25.3 Å². The lowest BCUT2D eigenvalue weighted by atomic mass is 10.0. The quantitative estimate of drug-likeness (QED) is 0.750. The molecule has 0 fully saturated rings. The van der Waals surface area contributed by atoms with Gasteiger partial charge >= 0.3 is 0 Å². The summed E-state index contributed by atoms with van der Waals surface area (Å²) < 4.78 is 10.4. The fourth-order valence-corrected chi connectivity index (χ4v) is 3.57. The summed E-state index contributed by atoms with van der Waals surface area (Å²) in [5.41, 5.74) is 3.77. The zero-order valence-corrected chi connectivity index (χ0v) is 17.4. The number of rotatable bonds is 7. The molecule has 2 N–H and O–H groups in total. The molecule has 0 saturated heterocycles. The lowest BCUT2D eigenvalue weighted by Gasteiger charge is -2.22. The minimum Gasteiger partial charge on any atom is -0.497 e. The number of carbonyl (C=O) groups excluding carboxylic acids is 2. The van der Waals surface area contributed by atoms with E-state index in [-0.39, 0.29) is 17.7 Å². The zero-order chi connectivity index (χ0) is 21.0. The lowest BCUT2D eigenvalue weighted by molar-refractivity contribution is -0.118. The molecule has 2 amide bonds. The Morgan fingerprint density at radius 3 is 2.21 bits per heavy atom. The van der Waals surface area contributed by atoms with Crippen molar-refractivity contribution >= 4 is 17.5 Å². The number of carbonyl (C=O) groups is 2. The first-order valence-corrected chi connectivity index (χ1v) is 9.88. The molecule has 1 atom stereocenters. The largest absolute Gasteiger partial charge is 0.497 e. The topological polar surface area (TPSA) is 76.7 Å².